The number of para-hydroxylation sites is 2. The number of aromatic nitrogens is 4. The smallest absolute Gasteiger partial charge is 0.166 e. The van der Waals surface area contributed by atoms with Gasteiger partial charge in [0.1, 0.15) is 11.2 Å². The monoisotopic (exact) mass is 766 g/mol. The minimum Gasteiger partial charge on any atom is -0.456 e. The van der Waals surface area contributed by atoms with Crippen molar-refractivity contribution in [2.24, 2.45) is 0 Å². The second kappa shape index (κ2) is 13.8. The van der Waals surface area contributed by atoms with Crippen molar-refractivity contribution in [1.82, 2.24) is 19.5 Å². The van der Waals surface area contributed by atoms with E-state index in [9.17, 15) is 0 Å². The Morgan fingerprint density at radius 1 is 0.333 bits per heavy atom. The molecular formula is C55H34N4O. The van der Waals surface area contributed by atoms with Gasteiger partial charge < -0.3 is 8.98 Å². The molecule has 0 spiro atoms. The first-order valence-corrected chi connectivity index (χ1v) is 20.2. The van der Waals surface area contributed by atoms with Crippen LogP contribution in [0.25, 0.3) is 117 Å². The van der Waals surface area contributed by atoms with Crippen molar-refractivity contribution in [1.29, 1.82) is 0 Å². The molecule has 9 aromatic carbocycles. The average Bonchev–Trinajstić information content (AvgIpc) is 3.86. The maximum Gasteiger partial charge on any atom is 0.166 e. The van der Waals surface area contributed by atoms with E-state index < -0.39 is 0 Å². The first kappa shape index (κ1) is 33.9. The van der Waals surface area contributed by atoms with Crippen LogP contribution in [0.2, 0.25) is 0 Å². The standard InChI is InChI=1S/C55H34N4O/c1-4-15-35(16-5-1)37-21-14-22-41(29-37)54-56-53(36-17-6-2-7-18-36)57-55(58-54)48-32-42(31-47-44-25-12-13-26-49(44)59(52(47)48)43-23-8-3-9-24-43)40-27-28-45-46-30-38-19-10-11-20-39(38)33-51(46)60-50(45)34-40/h1-34H. The number of hydrogen-bond acceptors (Lipinski definition) is 4. The van der Waals surface area contributed by atoms with Crippen molar-refractivity contribution in [3.63, 3.8) is 0 Å². The van der Waals surface area contributed by atoms with Gasteiger partial charge in [-0.05, 0) is 93.7 Å². The SMILES string of the molecule is c1ccc(-c2cccc(-c3nc(-c4ccccc4)nc(-c4cc(-c5ccc6c(c5)oc5cc7ccccc7cc56)cc5c6ccccc6n(-c6ccccc6)c45)n3)c2)cc1. The van der Waals surface area contributed by atoms with Crippen LogP contribution in [0.5, 0.6) is 0 Å². The summed E-state index contributed by atoms with van der Waals surface area (Å²) < 4.78 is 8.94. The van der Waals surface area contributed by atoms with Crippen molar-refractivity contribution in [2.75, 3.05) is 0 Å². The number of rotatable bonds is 6. The molecule has 12 aromatic rings. The maximum absolute atomic E-state index is 6.59. The van der Waals surface area contributed by atoms with Crippen LogP contribution < -0.4 is 0 Å². The minimum absolute atomic E-state index is 0.590. The Morgan fingerprint density at radius 2 is 0.933 bits per heavy atom. The molecule has 0 bridgehead atoms. The zero-order chi connectivity index (χ0) is 39.6. The molecule has 12 rings (SSSR count). The molecule has 0 saturated heterocycles. The molecule has 0 unspecified atom stereocenters. The summed E-state index contributed by atoms with van der Waals surface area (Å²) in [6.45, 7) is 0. The summed E-state index contributed by atoms with van der Waals surface area (Å²) in [7, 11) is 0. The summed E-state index contributed by atoms with van der Waals surface area (Å²) in [5, 5.41) is 6.80. The van der Waals surface area contributed by atoms with E-state index in [0.717, 1.165) is 93.8 Å². The van der Waals surface area contributed by atoms with Crippen LogP contribution in [0.15, 0.2) is 211 Å². The quantitative estimate of drug-likeness (QED) is 0.169. The Hall–Kier alpha value is -8.15. The summed E-state index contributed by atoms with van der Waals surface area (Å²) in [4.78, 5) is 15.8. The van der Waals surface area contributed by atoms with E-state index in [0.29, 0.717) is 17.5 Å². The van der Waals surface area contributed by atoms with Crippen LogP contribution in [-0.4, -0.2) is 19.5 Å². The highest BCUT2D eigenvalue weighted by atomic mass is 16.3. The third-order valence-corrected chi connectivity index (χ3v) is 11.6. The van der Waals surface area contributed by atoms with E-state index in [2.05, 4.69) is 187 Å². The number of hydrogen-bond donors (Lipinski definition) is 0. The number of benzene rings is 9. The molecule has 3 aromatic heterocycles. The van der Waals surface area contributed by atoms with Gasteiger partial charge in [-0.25, -0.2) is 15.0 Å². The van der Waals surface area contributed by atoms with Gasteiger partial charge in [-0.2, -0.15) is 0 Å². The summed E-state index contributed by atoms with van der Waals surface area (Å²) >= 11 is 0. The van der Waals surface area contributed by atoms with E-state index >= 15 is 0 Å². The molecule has 280 valence electrons. The molecule has 0 radical (unpaired) electrons. The highest BCUT2D eigenvalue weighted by molar-refractivity contribution is 6.15. The minimum atomic E-state index is 0.590. The lowest BCUT2D eigenvalue weighted by Crippen LogP contribution is -2.02. The van der Waals surface area contributed by atoms with Crippen LogP contribution in [0, 0.1) is 0 Å². The lowest BCUT2D eigenvalue weighted by molar-refractivity contribution is 0.669. The maximum atomic E-state index is 6.59. The van der Waals surface area contributed by atoms with Crippen molar-refractivity contribution in [3.8, 4) is 62.1 Å². The lowest BCUT2D eigenvalue weighted by Gasteiger charge is -2.14. The molecule has 0 atom stereocenters. The molecule has 3 heterocycles. The van der Waals surface area contributed by atoms with Gasteiger partial charge in [0.15, 0.2) is 17.5 Å². The van der Waals surface area contributed by atoms with Crippen molar-refractivity contribution in [3.05, 3.63) is 206 Å². The summed E-state index contributed by atoms with van der Waals surface area (Å²) in [6.07, 6.45) is 0. The van der Waals surface area contributed by atoms with Gasteiger partial charge in [-0.1, -0.05) is 146 Å². The topological polar surface area (TPSA) is 56.7 Å². The zero-order valence-corrected chi connectivity index (χ0v) is 32.3. The number of nitrogens with zero attached hydrogens (tertiary/aromatic N) is 4. The molecule has 0 N–H and O–H groups in total. The summed E-state index contributed by atoms with van der Waals surface area (Å²) in [5.74, 6) is 1.80. The van der Waals surface area contributed by atoms with Gasteiger partial charge in [0.25, 0.3) is 0 Å². The molecule has 0 aliphatic heterocycles. The molecule has 5 nitrogen and oxygen atoms in total. The predicted octanol–water partition coefficient (Wildman–Crippen LogP) is 14.4. The largest absolute Gasteiger partial charge is 0.456 e. The second-order valence-corrected chi connectivity index (χ2v) is 15.2. The van der Waals surface area contributed by atoms with Crippen LogP contribution in [0.3, 0.4) is 0 Å². The van der Waals surface area contributed by atoms with E-state index in [1.807, 2.05) is 24.3 Å². The van der Waals surface area contributed by atoms with Crippen LogP contribution >= 0.6 is 0 Å². The van der Waals surface area contributed by atoms with Crippen LogP contribution in [0.1, 0.15) is 0 Å². The molecule has 0 fully saturated rings. The molecule has 0 amide bonds. The Bertz CT molecular complexity index is 3590. The van der Waals surface area contributed by atoms with Crippen LogP contribution in [0.4, 0.5) is 0 Å². The van der Waals surface area contributed by atoms with E-state index in [1.165, 1.54) is 5.39 Å². The first-order chi connectivity index (χ1) is 29.7. The summed E-state index contributed by atoms with van der Waals surface area (Å²) in [5.41, 5.74) is 11.9. The summed E-state index contributed by atoms with van der Waals surface area (Å²) in [6, 6.07) is 72.2. The van der Waals surface area contributed by atoms with E-state index in [1.54, 1.807) is 0 Å². The molecule has 5 heteroatoms. The van der Waals surface area contributed by atoms with Gasteiger partial charge in [0.05, 0.1) is 11.0 Å². The van der Waals surface area contributed by atoms with Gasteiger partial charge in [-0.3, -0.25) is 0 Å². The Balaban J connectivity index is 1.14. The highest BCUT2D eigenvalue weighted by Crippen LogP contribution is 2.42. The zero-order valence-electron chi connectivity index (χ0n) is 32.3. The van der Waals surface area contributed by atoms with E-state index in [-0.39, 0.29) is 0 Å². The Kier molecular flexibility index (Phi) is 7.78. The third kappa shape index (κ3) is 5.67. The fraction of sp³-hybridized carbons (Fsp3) is 0. The normalized spacial score (nSPS) is 11.7. The fourth-order valence-corrected chi connectivity index (χ4v) is 8.73. The van der Waals surface area contributed by atoms with Gasteiger partial charge in [-0.15, -0.1) is 0 Å². The lowest BCUT2D eigenvalue weighted by atomic mass is 9.97. The first-order valence-electron chi connectivity index (χ1n) is 20.2. The van der Waals surface area contributed by atoms with Crippen molar-refractivity contribution in [2.45, 2.75) is 0 Å². The molecule has 0 aliphatic carbocycles. The molecular weight excluding hydrogens is 733 g/mol. The van der Waals surface area contributed by atoms with Crippen LogP contribution in [-0.2, 0) is 0 Å². The molecule has 0 saturated carbocycles. The van der Waals surface area contributed by atoms with Gasteiger partial charge in [0.2, 0.25) is 0 Å². The van der Waals surface area contributed by atoms with E-state index in [4.69, 9.17) is 19.4 Å². The number of fused-ring (bicyclic) bond motifs is 7. The third-order valence-electron chi connectivity index (χ3n) is 11.6. The Morgan fingerprint density at radius 3 is 1.73 bits per heavy atom. The second-order valence-electron chi connectivity index (χ2n) is 15.2. The van der Waals surface area contributed by atoms with Crippen molar-refractivity contribution < 1.29 is 4.42 Å². The molecule has 0 aliphatic rings. The predicted molar refractivity (Wildman–Crippen MR) is 246 cm³/mol. The Labute approximate surface area is 345 Å². The highest BCUT2D eigenvalue weighted by Gasteiger charge is 2.22. The fourth-order valence-electron chi connectivity index (χ4n) is 8.73. The molecule has 60 heavy (non-hydrogen) atoms. The average molecular weight is 767 g/mol. The number of furan rings is 1. The van der Waals surface area contributed by atoms with Gasteiger partial charge in [0, 0.05) is 43.9 Å². The van der Waals surface area contributed by atoms with Crippen molar-refractivity contribution >= 4 is 54.5 Å². The van der Waals surface area contributed by atoms with Gasteiger partial charge >= 0.3 is 0 Å².